The summed E-state index contributed by atoms with van der Waals surface area (Å²) in [4.78, 5) is 26.3. The first-order valence-corrected chi connectivity index (χ1v) is 9.00. The van der Waals surface area contributed by atoms with Gasteiger partial charge in [-0.2, -0.15) is 0 Å². The second-order valence-electron chi connectivity index (χ2n) is 6.70. The second-order valence-corrected chi connectivity index (χ2v) is 6.70. The predicted molar refractivity (Wildman–Crippen MR) is 98.7 cm³/mol. The molecule has 1 fully saturated rings. The Balaban J connectivity index is 1.37. The Morgan fingerprint density at radius 1 is 1.12 bits per heavy atom. The molecule has 138 valence electrons. The fourth-order valence-corrected chi connectivity index (χ4v) is 3.10. The van der Waals surface area contributed by atoms with Gasteiger partial charge in [0.05, 0.1) is 6.54 Å². The van der Waals surface area contributed by atoms with Crippen LogP contribution in [0.25, 0.3) is 0 Å². The van der Waals surface area contributed by atoms with Crippen LogP contribution in [-0.2, 0) is 11.3 Å². The Kier molecular flexibility index (Phi) is 6.07. The molecular formula is C20H25N3O3. The third-order valence-corrected chi connectivity index (χ3v) is 4.59. The highest BCUT2D eigenvalue weighted by Gasteiger charge is 2.23. The van der Waals surface area contributed by atoms with Crippen molar-refractivity contribution in [1.82, 2.24) is 15.5 Å². The zero-order valence-electron chi connectivity index (χ0n) is 15.0. The monoisotopic (exact) mass is 355 g/mol. The number of hydrogen-bond donors (Lipinski definition) is 2. The quantitative estimate of drug-likeness (QED) is 0.832. The first kappa shape index (κ1) is 18.2. The molecule has 1 aliphatic rings. The van der Waals surface area contributed by atoms with Gasteiger partial charge in [0, 0.05) is 25.7 Å². The molecule has 1 aliphatic heterocycles. The molecule has 6 nitrogen and oxygen atoms in total. The molecule has 3 rings (SSSR count). The Labute approximate surface area is 153 Å². The zero-order valence-corrected chi connectivity index (χ0v) is 15.0. The standard InChI is InChI=1S/C20H25N3O3/c1-15-7-8-18(26-15)20(25)22-17-9-11-23(12-10-17)14-19(24)21-13-16-5-3-2-4-6-16/h2-8,17H,9-14H2,1H3,(H,21,24)(H,22,25). The maximum Gasteiger partial charge on any atom is 0.287 e. The molecule has 1 aromatic heterocycles. The topological polar surface area (TPSA) is 74.6 Å². The molecular weight excluding hydrogens is 330 g/mol. The summed E-state index contributed by atoms with van der Waals surface area (Å²) in [7, 11) is 0. The van der Waals surface area contributed by atoms with E-state index in [1.165, 1.54) is 0 Å². The number of nitrogens with zero attached hydrogens (tertiary/aromatic N) is 1. The molecule has 0 atom stereocenters. The van der Waals surface area contributed by atoms with Crippen molar-refractivity contribution in [3.63, 3.8) is 0 Å². The molecule has 1 saturated heterocycles. The predicted octanol–water partition coefficient (Wildman–Crippen LogP) is 2.10. The van der Waals surface area contributed by atoms with Crippen LogP contribution in [0.1, 0.15) is 34.7 Å². The third-order valence-electron chi connectivity index (χ3n) is 4.59. The maximum atomic E-state index is 12.1. The van der Waals surface area contributed by atoms with E-state index in [0.717, 1.165) is 37.3 Å². The maximum absolute atomic E-state index is 12.1. The van der Waals surface area contributed by atoms with Gasteiger partial charge in [-0.05, 0) is 37.5 Å². The molecule has 26 heavy (non-hydrogen) atoms. The highest BCUT2D eigenvalue weighted by molar-refractivity contribution is 5.91. The van der Waals surface area contributed by atoms with Crippen LogP contribution >= 0.6 is 0 Å². The van der Waals surface area contributed by atoms with Crippen LogP contribution in [-0.4, -0.2) is 42.4 Å². The van der Waals surface area contributed by atoms with Crippen molar-refractivity contribution >= 4 is 11.8 Å². The first-order valence-electron chi connectivity index (χ1n) is 9.00. The summed E-state index contributed by atoms with van der Waals surface area (Å²) in [5.74, 6) is 0.941. The lowest BCUT2D eigenvalue weighted by atomic mass is 10.0. The number of nitrogens with one attached hydrogen (secondary N) is 2. The van der Waals surface area contributed by atoms with Crippen LogP contribution < -0.4 is 10.6 Å². The Morgan fingerprint density at radius 2 is 1.85 bits per heavy atom. The lowest BCUT2D eigenvalue weighted by Crippen LogP contribution is -2.47. The molecule has 0 saturated carbocycles. The number of carbonyl (C=O) groups excluding carboxylic acids is 2. The second kappa shape index (κ2) is 8.67. The van der Waals surface area contributed by atoms with Crippen molar-refractivity contribution in [3.8, 4) is 0 Å². The Morgan fingerprint density at radius 3 is 2.50 bits per heavy atom. The molecule has 1 aromatic carbocycles. The van der Waals surface area contributed by atoms with Crippen LogP contribution in [0.5, 0.6) is 0 Å². The van der Waals surface area contributed by atoms with Gasteiger partial charge in [0.2, 0.25) is 5.91 Å². The van der Waals surface area contributed by atoms with Crippen molar-refractivity contribution in [1.29, 1.82) is 0 Å². The molecule has 0 radical (unpaired) electrons. The van der Waals surface area contributed by atoms with E-state index in [1.807, 2.05) is 37.3 Å². The number of piperidine rings is 1. The van der Waals surface area contributed by atoms with Crippen LogP contribution in [0.4, 0.5) is 0 Å². The molecule has 0 spiro atoms. The zero-order chi connectivity index (χ0) is 18.4. The number of likely N-dealkylation sites (tertiary alicyclic amines) is 1. The normalized spacial score (nSPS) is 15.6. The minimum atomic E-state index is -0.169. The SMILES string of the molecule is Cc1ccc(C(=O)NC2CCN(CC(=O)NCc3ccccc3)CC2)o1. The van der Waals surface area contributed by atoms with Gasteiger partial charge in [-0.1, -0.05) is 30.3 Å². The number of carbonyl (C=O) groups is 2. The lowest BCUT2D eigenvalue weighted by molar-refractivity contribution is -0.122. The summed E-state index contributed by atoms with van der Waals surface area (Å²) in [6, 6.07) is 13.5. The number of aryl methyl sites for hydroxylation is 1. The number of rotatable bonds is 6. The summed E-state index contributed by atoms with van der Waals surface area (Å²) >= 11 is 0. The fourth-order valence-electron chi connectivity index (χ4n) is 3.10. The molecule has 2 N–H and O–H groups in total. The third kappa shape index (κ3) is 5.20. The molecule has 2 aromatic rings. The molecule has 0 bridgehead atoms. The summed E-state index contributed by atoms with van der Waals surface area (Å²) < 4.78 is 5.35. The van der Waals surface area contributed by atoms with Crippen LogP contribution in [0.2, 0.25) is 0 Å². The van der Waals surface area contributed by atoms with Crippen LogP contribution in [0.3, 0.4) is 0 Å². The van der Waals surface area contributed by atoms with Crippen molar-refractivity contribution in [2.75, 3.05) is 19.6 Å². The van der Waals surface area contributed by atoms with Gasteiger partial charge in [0.1, 0.15) is 5.76 Å². The van der Waals surface area contributed by atoms with E-state index in [4.69, 9.17) is 4.42 Å². The number of amides is 2. The Hall–Kier alpha value is -2.60. The number of hydrogen-bond acceptors (Lipinski definition) is 4. The Bertz CT molecular complexity index is 734. The van der Waals surface area contributed by atoms with Crippen molar-refractivity contribution in [3.05, 3.63) is 59.5 Å². The van der Waals surface area contributed by atoms with Gasteiger partial charge < -0.3 is 15.1 Å². The van der Waals surface area contributed by atoms with Gasteiger partial charge >= 0.3 is 0 Å². The van der Waals surface area contributed by atoms with E-state index in [1.54, 1.807) is 12.1 Å². The van der Waals surface area contributed by atoms with Crippen molar-refractivity contribution in [2.45, 2.75) is 32.4 Å². The highest BCUT2D eigenvalue weighted by Crippen LogP contribution is 2.12. The minimum absolute atomic E-state index is 0.0300. The first-order chi connectivity index (χ1) is 12.6. The summed E-state index contributed by atoms with van der Waals surface area (Å²) in [5, 5.41) is 5.96. The minimum Gasteiger partial charge on any atom is -0.456 e. The van der Waals surface area contributed by atoms with E-state index < -0.39 is 0 Å². The average Bonchev–Trinajstić information content (AvgIpc) is 3.09. The molecule has 0 unspecified atom stereocenters. The van der Waals surface area contributed by atoms with Gasteiger partial charge in [0.25, 0.3) is 5.91 Å². The van der Waals surface area contributed by atoms with Crippen LogP contribution in [0, 0.1) is 6.92 Å². The fraction of sp³-hybridized carbons (Fsp3) is 0.400. The largest absolute Gasteiger partial charge is 0.456 e. The van der Waals surface area contributed by atoms with Gasteiger partial charge in [0.15, 0.2) is 5.76 Å². The summed E-state index contributed by atoms with van der Waals surface area (Å²) in [5.41, 5.74) is 1.09. The highest BCUT2D eigenvalue weighted by atomic mass is 16.3. The van der Waals surface area contributed by atoms with Gasteiger partial charge in [-0.25, -0.2) is 0 Å². The molecule has 2 amide bonds. The summed E-state index contributed by atoms with van der Waals surface area (Å²) in [6.45, 7) is 4.35. The van der Waals surface area contributed by atoms with Crippen molar-refractivity contribution < 1.29 is 14.0 Å². The van der Waals surface area contributed by atoms with Gasteiger partial charge in [-0.3, -0.25) is 14.5 Å². The molecule has 2 heterocycles. The number of benzene rings is 1. The smallest absolute Gasteiger partial charge is 0.287 e. The van der Waals surface area contributed by atoms with E-state index in [0.29, 0.717) is 18.8 Å². The van der Waals surface area contributed by atoms with Crippen molar-refractivity contribution in [2.24, 2.45) is 0 Å². The van der Waals surface area contributed by atoms with Crippen LogP contribution in [0.15, 0.2) is 46.9 Å². The van der Waals surface area contributed by atoms with E-state index in [2.05, 4.69) is 15.5 Å². The van der Waals surface area contributed by atoms with Gasteiger partial charge in [-0.15, -0.1) is 0 Å². The van der Waals surface area contributed by atoms with E-state index in [-0.39, 0.29) is 17.9 Å². The van der Waals surface area contributed by atoms with E-state index in [9.17, 15) is 9.59 Å². The van der Waals surface area contributed by atoms with E-state index >= 15 is 0 Å². The summed E-state index contributed by atoms with van der Waals surface area (Å²) in [6.07, 6.45) is 1.66. The average molecular weight is 355 g/mol. The number of furan rings is 1. The lowest BCUT2D eigenvalue weighted by Gasteiger charge is -2.31. The molecule has 6 heteroatoms. The molecule has 0 aliphatic carbocycles.